The summed E-state index contributed by atoms with van der Waals surface area (Å²) in [6.07, 6.45) is 0.343. The number of carbonyl (C=O) groups excluding carboxylic acids is 2. The van der Waals surface area contributed by atoms with Crippen molar-refractivity contribution in [1.82, 2.24) is 10.2 Å². The standard InChI is InChI=1S/C31H39N3O6S/c1-6-29(31(36)32-7-2)33(21-24-10-9-11-27(20-24)39-5)30(35)22-34(25-14-16-26(17-15-25)40-8-3)41(37,38)28-18-12-23(4)13-19-28/h9-20,29H,6-8,21-22H2,1-5H3,(H,32,36). The van der Waals surface area contributed by atoms with Crippen LogP contribution in [0.2, 0.25) is 0 Å². The minimum Gasteiger partial charge on any atom is -0.497 e. The predicted molar refractivity (Wildman–Crippen MR) is 160 cm³/mol. The van der Waals surface area contributed by atoms with Gasteiger partial charge in [0.1, 0.15) is 24.1 Å². The third-order valence-electron chi connectivity index (χ3n) is 6.55. The van der Waals surface area contributed by atoms with Gasteiger partial charge < -0.3 is 19.7 Å². The number of methoxy groups -OCH3 is 1. The lowest BCUT2D eigenvalue weighted by atomic mass is 10.1. The van der Waals surface area contributed by atoms with Crippen LogP contribution in [-0.4, -0.2) is 58.0 Å². The largest absolute Gasteiger partial charge is 0.497 e. The molecule has 1 N–H and O–H groups in total. The van der Waals surface area contributed by atoms with Gasteiger partial charge in [-0.2, -0.15) is 0 Å². The number of nitrogens with zero attached hydrogens (tertiary/aromatic N) is 2. The smallest absolute Gasteiger partial charge is 0.264 e. The number of rotatable bonds is 14. The molecule has 0 radical (unpaired) electrons. The van der Waals surface area contributed by atoms with E-state index >= 15 is 0 Å². The van der Waals surface area contributed by atoms with Crippen LogP contribution in [0, 0.1) is 6.92 Å². The molecular weight excluding hydrogens is 542 g/mol. The van der Waals surface area contributed by atoms with Crippen molar-refractivity contribution in [2.45, 2.75) is 51.6 Å². The van der Waals surface area contributed by atoms with Crippen LogP contribution in [0.4, 0.5) is 5.69 Å². The Morgan fingerprint density at radius 3 is 2.20 bits per heavy atom. The lowest BCUT2D eigenvalue weighted by Crippen LogP contribution is -2.52. The molecule has 0 bridgehead atoms. The van der Waals surface area contributed by atoms with Crippen molar-refractivity contribution < 1.29 is 27.5 Å². The first-order valence-corrected chi connectivity index (χ1v) is 15.1. The molecule has 41 heavy (non-hydrogen) atoms. The summed E-state index contributed by atoms with van der Waals surface area (Å²) in [5.41, 5.74) is 1.95. The zero-order valence-corrected chi connectivity index (χ0v) is 25.1. The minimum atomic E-state index is -4.15. The minimum absolute atomic E-state index is 0.0555. The van der Waals surface area contributed by atoms with E-state index in [4.69, 9.17) is 9.47 Å². The van der Waals surface area contributed by atoms with Gasteiger partial charge in [0.15, 0.2) is 0 Å². The second-order valence-electron chi connectivity index (χ2n) is 9.44. The molecule has 3 aromatic carbocycles. The van der Waals surface area contributed by atoms with E-state index in [0.29, 0.717) is 36.8 Å². The summed E-state index contributed by atoms with van der Waals surface area (Å²) in [4.78, 5) is 28.6. The fourth-order valence-corrected chi connectivity index (χ4v) is 5.83. The molecule has 9 nitrogen and oxygen atoms in total. The van der Waals surface area contributed by atoms with Crippen LogP contribution in [0.3, 0.4) is 0 Å². The fraction of sp³-hybridized carbons (Fsp3) is 0.355. The fourth-order valence-electron chi connectivity index (χ4n) is 4.42. The summed E-state index contributed by atoms with van der Waals surface area (Å²) in [7, 11) is -2.59. The number of carbonyl (C=O) groups is 2. The van der Waals surface area contributed by atoms with Crippen LogP contribution in [0.15, 0.2) is 77.7 Å². The number of sulfonamides is 1. The Hall–Kier alpha value is -4.05. The Morgan fingerprint density at radius 2 is 1.61 bits per heavy atom. The molecule has 10 heteroatoms. The molecule has 0 fully saturated rings. The van der Waals surface area contributed by atoms with E-state index in [1.54, 1.807) is 68.6 Å². The number of amides is 2. The van der Waals surface area contributed by atoms with Gasteiger partial charge in [0.05, 0.1) is 24.3 Å². The van der Waals surface area contributed by atoms with Gasteiger partial charge >= 0.3 is 0 Å². The average Bonchev–Trinajstić information content (AvgIpc) is 2.96. The second kappa shape index (κ2) is 14.5. The van der Waals surface area contributed by atoms with E-state index in [1.807, 2.05) is 26.8 Å². The SMILES string of the molecule is CCNC(=O)C(CC)N(Cc1cccc(OC)c1)C(=O)CN(c1ccc(OCC)cc1)S(=O)(=O)c1ccc(C)cc1. The summed E-state index contributed by atoms with van der Waals surface area (Å²) in [6, 6.07) is 19.4. The predicted octanol–water partition coefficient (Wildman–Crippen LogP) is 4.54. The molecule has 0 aliphatic carbocycles. The third kappa shape index (κ3) is 8.00. The number of nitrogens with one attached hydrogen (secondary N) is 1. The van der Waals surface area contributed by atoms with Crippen molar-refractivity contribution in [3.8, 4) is 11.5 Å². The number of aryl methyl sites for hydroxylation is 1. The third-order valence-corrected chi connectivity index (χ3v) is 8.34. The van der Waals surface area contributed by atoms with Crippen molar-refractivity contribution in [3.63, 3.8) is 0 Å². The molecule has 0 saturated heterocycles. The van der Waals surface area contributed by atoms with Crippen molar-refractivity contribution in [2.24, 2.45) is 0 Å². The van der Waals surface area contributed by atoms with Gasteiger partial charge in [0.25, 0.3) is 10.0 Å². The van der Waals surface area contributed by atoms with Crippen LogP contribution in [0.5, 0.6) is 11.5 Å². The van der Waals surface area contributed by atoms with Gasteiger partial charge in [0.2, 0.25) is 11.8 Å². The molecule has 0 heterocycles. The molecule has 1 unspecified atom stereocenters. The van der Waals surface area contributed by atoms with Crippen molar-refractivity contribution >= 4 is 27.5 Å². The number of hydrogen-bond acceptors (Lipinski definition) is 6. The highest BCUT2D eigenvalue weighted by molar-refractivity contribution is 7.92. The first-order valence-electron chi connectivity index (χ1n) is 13.7. The highest BCUT2D eigenvalue weighted by atomic mass is 32.2. The molecule has 220 valence electrons. The number of ether oxygens (including phenoxy) is 2. The second-order valence-corrected chi connectivity index (χ2v) is 11.3. The number of hydrogen-bond donors (Lipinski definition) is 1. The van der Waals surface area contributed by atoms with Gasteiger partial charge in [-0.05, 0) is 81.3 Å². The first-order chi connectivity index (χ1) is 19.6. The summed E-state index contributed by atoms with van der Waals surface area (Å²) >= 11 is 0. The van der Waals surface area contributed by atoms with E-state index in [1.165, 1.54) is 17.0 Å². The van der Waals surface area contributed by atoms with Crippen LogP contribution < -0.4 is 19.1 Å². The molecule has 3 rings (SSSR count). The monoisotopic (exact) mass is 581 g/mol. The Balaban J connectivity index is 2.06. The maximum absolute atomic E-state index is 14.1. The van der Waals surface area contributed by atoms with E-state index in [0.717, 1.165) is 15.4 Å². The van der Waals surface area contributed by atoms with Gasteiger partial charge in [-0.1, -0.05) is 36.8 Å². The molecule has 0 saturated carbocycles. The molecule has 2 amide bonds. The highest BCUT2D eigenvalue weighted by Crippen LogP contribution is 2.27. The van der Waals surface area contributed by atoms with Crippen LogP contribution in [-0.2, 0) is 26.2 Å². The number of likely N-dealkylation sites (N-methyl/N-ethyl adjacent to an activating group) is 1. The Labute approximate surface area is 243 Å². The van der Waals surface area contributed by atoms with Crippen molar-refractivity contribution in [2.75, 3.05) is 31.1 Å². The molecule has 3 aromatic rings. The van der Waals surface area contributed by atoms with E-state index in [2.05, 4.69) is 5.32 Å². The molecule has 0 aliphatic heterocycles. The Bertz CT molecular complexity index is 1410. The first kappa shape index (κ1) is 31.5. The van der Waals surface area contributed by atoms with Crippen molar-refractivity contribution in [3.05, 3.63) is 83.9 Å². The van der Waals surface area contributed by atoms with Gasteiger partial charge in [-0.25, -0.2) is 8.42 Å². The van der Waals surface area contributed by atoms with Crippen LogP contribution >= 0.6 is 0 Å². The van der Waals surface area contributed by atoms with Gasteiger partial charge in [0, 0.05) is 13.1 Å². The van der Waals surface area contributed by atoms with E-state index in [-0.39, 0.29) is 17.3 Å². The van der Waals surface area contributed by atoms with Crippen molar-refractivity contribution in [1.29, 1.82) is 0 Å². The maximum atomic E-state index is 14.1. The number of benzene rings is 3. The molecule has 0 aromatic heterocycles. The molecule has 0 spiro atoms. The molecule has 0 aliphatic rings. The number of anilines is 1. The average molecular weight is 582 g/mol. The summed E-state index contributed by atoms with van der Waals surface area (Å²) in [5, 5.41) is 2.80. The van der Waals surface area contributed by atoms with Gasteiger partial charge in [-0.3, -0.25) is 13.9 Å². The normalized spacial score (nSPS) is 11.8. The van der Waals surface area contributed by atoms with E-state index in [9.17, 15) is 18.0 Å². The maximum Gasteiger partial charge on any atom is 0.264 e. The van der Waals surface area contributed by atoms with Gasteiger partial charge in [-0.15, -0.1) is 0 Å². The Morgan fingerprint density at radius 1 is 0.927 bits per heavy atom. The molecular formula is C31H39N3O6S. The summed E-state index contributed by atoms with van der Waals surface area (Å²) in [5.74, 6) is 0.367. The Kier molecular flexibility index (Phi) is 11.2. The molecule has 1 atom stereocenters. The lowest BCUT2D eigenvalue weighted by molar-refractivity contribution is -0.140. The zero-order chi connectivity index (χ0) is 30.0. The lowest BCUT2D eigenvalue weighted by Gasteiger charge is -2.33. The highest BCUT2D eigenvalue weighted by Gasteiger charge is 2.33. The van der Waals surface area contributed by atoms with Crippen LogP contribution in [0.1, 0.15) is 38.3 Å². The van der Waals surface area contributed by atoms with Crippen LogP contribution in [0.25, 0.3) is 0 Å². The topological polar surface area (TPSA) is 105 Å². The quantitative estimate of drug-likeness (QED) is 0.300. The zero-order valence-electron chi connectivity index (χ0n) is 24.3. The summed E-state index contributed by atoms with van der Waals surface area (Å²) in [6.45, 7) is 7.79. The van der Waals surface area contributed by atoms with E-state index < -0.39 is 28.5 Å². The summed E-state index contributed by atoms with van der Waals surface area (Å²) < 4.78 is 39.9.